The topological polar surface area (TPSA) is 87.2 Å². The molecule has 2 heterocycles. The average molecular weight is 404 g/mol. The van der Waals surface area contributed by atoms with Gasteiger partial charge in [-0.1, -0.05) is 16.8 Å². The Morgan fingerprint density at radius 3 is 2.75 bits per heavy atom. The first-order chi connectivity index (χ1) is 13.4. The van der Waals surface area contributed by atoms with E-state index in [-0.39, 0.29) is 33.5 Å². The van der Waals surface area contributed by atoms with Crippen LogP contribution >= 0.6 is 11.6 Å². The first-order valence-corrected chi connectivity index (χ1v) is 8.94. The van der Waals surface area contributed by atoms with Crippen molar-refractivity contribution in [2.75, 3.05) is 0 Å². The normalized spacial score (nSPS) is 13.6. The van der Waals surface area contributed by atoms with Crippen LogP contribution in [-0.2, 0) is 7.05 Å². The molecule has 1 fully saturated rings. The monoisotopic (exact) mass is 403 g/mol. The molecule has 7 nitrogen and oxygen atoms in total. The van der Waals surface area contributed by atoms with Crippen LogP contribution in [0.5, 0.6) is 5.88 Å². The molecule has 0 bridgehead atoms. The van der Waals surface area contributed by atoms with Crippen molar-refractivity contribution in [3.05, 3.63) is 63.4 Å². The molecule has 0 aliphatic heterocycles. The maximum absolute atomic E-state index is 14.2. The van der Waals surface area contributed by atoms with Gasteiger partial charge in [-0.2, -0.15) is 5.10 Å². The molecule has 1 aliphatic carbocycles. The summed E-state index contributed by atoms with van der Waals surface area (Å²) in [6.45, 7) is 1.58. The number of hydrogen-bond acceptors (Lipinski definition) is 6. The van der Waals surface area contributed by atoms with Gasteiger partial charge in [0.1, 0.15) is 16.9 Å². The fourth-order valence-corrected chi connectivity index (χ4v) is 3.17. The van der Waals surface area contributed by atoms with Gasteiger partial charge < -0.3 is 9.26 Å². The van der Waals surface area contributed by atoms with E-state index in [1.807, 2.05) is 0 Å². The van der Waals surface area contributed by atoms with Crippen molar-refractivity contribution in [2.24, 2.45) is 7.05 Å². The second kappa shape index (κ2) is 6.87. The van der Waals surface area contributed by atoms with E-state index in [4.69, 9.17) is 20.9 Å². The summed E-state index contributed by atoms with van der Waals surface area (Å²) < 4.78 is 26.1. The lowest BCUT2D eigenvalue weighted by molar-refractivity contribution is 0.0715. The number of aryl methyl sites for hydroxylation is 2. The van der Waals surface area contributed by atoms with Crippen molar-refractivity contribution in [3.8, 4) is 5.88 Å². The summed E-state index contributed by atoms with van der Waals surface area (Å²) in [5.74, 6) is -1.59. The minimum absolute atomic E-state index is 0.00139. The highest BCUT2D eigenvalue weighted by Gasteiger charge is 2.34. The summed E-state index contributed by atoms with van der Waals surface area (Å²) in [5, 5.41) is 7.98. The fraction of sp³-hybridized carbons (Fsp3) is 0.263. The maximum atomic E-state index is 14.2. The van der Waals surface area contributed by atoms with Gasteiger partial charge in [-0.25, -0.2) is 13.9 Å². The molecule has 1 aromatic carbocycles. The number of carbonyl (C=O) groups is 2. The molecule has 28 heavy (non-hydrogen) atoms. The number of aromatic nitrogens is 3. The van der Waals surface area contributed by atoms with Crippen LogP contribution < -0.4 is 4.74 Å². The first kappa shape index (κ1) is 18.4. The number of benzene rings is 1. The lowest BCUT2D eigenvalue weighted by Crippen LogP contribution is -2.15. The number of rotatable bonds is 5. The highest BCUT2D eigenvalue weighted by molar-refractivity contribution is 6.30. The zero-order valence-corrected chi connectivity index (χ0v) is 15.8. The van der Waals surface area contributed by atoms with Crippen LogP contribution in [0.1, 0.15) is 56.5 Å². The fourth-order valence-electron chi connectivity index (χ4n) is 3.01. The second-order valence-electron chi connectivity index (χ2n) is 6.61. The number of ketones is 1. The summed E-state index contributed by atoms with van der Waals surface area (Å²) in [6, 6.07) is 3.74. The van der Waals surface area contributed by atoms with Gasteiger partial charge in [0.2, 0.25) is 11.7 Å². The molecule has 0 N–H and O–H groups in total. The van der Waals surface area contributed by atoms with E-state index in [9.17, 15) is 14.0 Å². The molecule has 0 radical (unpaired) electrons. The SMILES string of the molecule is Cc1nn(C)c(OC(=O)c2cnoc2C2CC2)c1C(=O)c1ccc(Cl)cc1F. The standard InChI is InChI=1S/C19H15ClFN3O4/c1-9-15(16(25)12-6-5-11(20)7-14(12)21)18(24(2)23-9)27-19(26)13-8-22-28-17(13)10-3-4-10/h5-8,10H,3-4H2,1-2H3. The largest absolute Gasteiger partial charge is 0.403 e. The molecular weight excluding hydrogens is 389 g/mol. The van der Waals surface area contributed by atoms with E-state index in [1.54, 1.807) is 6.92 Å². The van der Waals surface area contributed by atoms with Crippen LogP contribution in [0.3, 0.4) is 0 Å². The highest BCUT2D eigenvalue weighted by Crippen LogP contribution is 2.41. The Balaban J connectivity index is 1.69. The van der Waals surface area contributed by atoms with Gasteiger partial charge in [0.25, 0.3) is 0 Å². The Hall–Kier alpha value is -3.00. The van der Waals surface area contributed by atoms with Gasteiger partial charge in [-0.15, -0.1) is 0 Å². The zero-order valence-electron chi connectivity index (χ0n) is 15.0. The number of nitrogens with zero attached hydrogens (tertiary/aromatic N) is 3. The third-order valence-electron chi connectivity index (χ3n) is 4.53. The summed E-state index contributed by atoms with van der Waals surface area (Å²) in [5.41, 5.74) is 0.317. The quantitative estimate of drug-likeness (QED) is 0.475. The molecule has 1 aliphatic rings. The number of halogens is 2. The van der Waals surface area contributed by atoms with Crippen LogP contribution in [0.4, 0.5) is 4.39 Å². The Morgan fingerprint density at radius 2 is 2.07 bits per heavy atom. The van der Waals surface area contributed by atoms with Crippen molar-refractivity contribution in [2.45, 2.75) is 25.7 Å². The lowest BCUT2D eigenvalue weighted by Gasteiger charge is -2.08. The predicted octanol–water partition coefficient (Wildman–Crippen LogP) is 3.84. The molecule has 4 rings (SSSR count). The first-order valence-electron chi connectivity index (χ1n) is 8.57. The van der Waals surface area contributed by atoms with Gasteiger partial charge >= 0.3 is 5.97 Å². The van der Waals surface area contributed by atoms with Crippen molar-refractivity contribution in [3.63, 3.8) is 0 Å². The molecule has 9 heteroatoms. The molecule has 0 atom stereocenters. The molecule has 0 unspecified atom stereocenters. The minimum Gasteiger partial charge on any atom is -0.403 e. The maximum Gasteiger partial charge on any atom is 0.350 e. The molecular formula is C19H15ClFN3O4. The summed E-state index contributed by atoms with van der Waals surface area (Å²) in [6.07, 6.45) is 3.12. The van der Waals surface area contributed by atoms with Gasteiger partial charge in [-0.05, 0) is 38.0 Å². The molecule has 0 spiro atoms. The van der Waals surface area contributed by atoms with Crippen molar-refractivity contribution in [1.29, 1.82) is 0 Å². The van der Waals surface area contributed by atoms with E-state index in [1.165, 1.54) is 30.1 Å². The Morgan fingerprint density at radius 1 is 1.32 bits per heavy atom. The Kier molecular flexibility index (Phi) is 4.50. The molecule has 0 amide bonds. The van der Waals surface area contributed by atoms with Crippen molar-refractivity contribution < 1.29 is 23.2 Å². The summed E-state index contributed by atoms with van der Waals surface area (Å²) in [4.78, 5) is 25.6. The van der Waals surface area contributed by atoms with Gasteiger partial charge in [-0.3, -0.25) is 4.79 Å². The summed E-state index contributed by atoms with van der Waals surface area (Å²) >= 11 is 5.75. The molecule has 2 aromatic heterocycles. The van der Waals surface area contributed by atoms with E-state index in [0.717, 1.165) is 18.9 Å². The number of esters is 1. The van der Waals surface area contributed by atoms with Crippen LogP contribution in [0.25, 0.3) is 0 Å². The number of hydrogen-bond donors (Lipinski definition) is 0. The van der Waals surface area contributed by atoms with E-state index >= 15 is 0 Å². The zero-order chi connectivity index (χ0) is 20.0. The summed E-state index contributed by atoms with van der Waals surface area (Å²) in [7, 11) is 1.53. The average Bonchev–Trinajstić information content (AvgIpc) is 3.29. The van der Waals surface area contributed by atoms with E-state index in [2.05, 4.69) is 10.3 Å². The third kappa shape index (κ3) is 3.20. The van der Waals surface area contributed by atoms with Crippen LogP contribution in [-0.4, -0.2) is 26.7 Å². The third-order valence-corrected chi connectivity index (χ3v) is 4.76. The Labute approximate surface area is 164 Å². The lowest BCUT2D eigenvalue weighted by atomic mass is 10.0. The number of ether oxygens (including phenoxy) is 1. The predicted molar refractivity (Wildman–Crippen MR) is 96.2 cm³/mol. The van der Waals surface area contributed by atoms with Gasteiger partial charge in [0.15, 0.2) is 5.76 Å². The smallest absolute Gasteiger partial charge is 0.350 e. The minimum atomic E-state index is -0.770. The van der Waals surface area contributed by atoms with Gasteiger partial charge in [0, 0.05) is 18.0 Å². The van der Waals surface area contributed by atoms with E-state index < -0.39 is 17.6 Å². The van der Waals surface area contributed by atoms with Crippen molar-refractivity contribution in [1.82, 2.24) is 14.9 Å². The molecule has 0 saturated heterocycles. The van der Waals surface area contributed by atoms with E-state index in [0.29, 0.717) is 11.5 Å². The van der Waals surface area contributed by atoms with Crippen LogP contribution in [0, 0.1) is 12.7 Å². The van der Waals surface area contributed by atoms with Crippen LogP contribution in [0.15, 0.2) is 28.9 Å². The molecule has 1 saturated carbocycles. The highest BCUT2D eigenvalue weighted by atomic mass is 35.5. The molecule has 144 valence electrons. The van der Waals surface area contributed by atoms with Crippen LogP contribution in [0.2, 0.25) is 5.02 Å². The molecule has 3 aromatic rings. The second-order valence-corrected chi connectivity index (χ2v) is 7.05. The van der Waals surface area contributed by atoms with Crippen molar-refractivity contribution >= 4 is 23.4 Å². The number of carbonyl (C=O) groups excluding carboxylic acids is 2. The Bertz CT molecular complexity index is 1100. The van der Waals surface area contributed by atoms with Gasteiger partial charge in [0.05, 0.1) is 17.5 Å².